The molecule has 0 aromatic rings. The van der Waals surface area contributed by atoms with Gasteiger partial charge >= 0.3 is 0 Å². The lowest BCUT2D eigenvalue weighted by Crippen LogP contribution is -2.43. The highest BCUT2D eigenvalue weighted by atomic mass is 16.5. The van der Waals surface area contributed by atoms with E-state index in [4.69, 9.17) is 4.74 Å². The maximum atomic E-state index is 12.0. The minimum atomic E-state index is -0.296. The van der Waals surface area contributed by atoms with E-state index in [1.807, 2.05) is 12.2 Å². The van der Waals surface area contributed by atoms with Crippen LogP contribution in [-0.4, -0.2) is 48.1 Å². The molecule has 4 atom stereocenters. The van der Waals surface area contributed by atoms with Gasteiger partial charge in [-0.15, -0.1) is 0 Å². The van der Waals surface area contributed by atoms with E-state index in [-0.39, 0.29) is 35.9 Å². The molecule has 3 heterocycles. The molecule has 0 spiro atoms. The second-order valence-electron chi connectivity index (χ2n) is 4.34. The topological polar surface area (TPSA) is 49.9 Å². The van der Waals surface area contributed by atoms with Crippen molar-refractivity contribution >= 4 is 11.8 Å². The molecular weight excluding hydrogens is 196 g/mol. The van der Waals surface area contributed by atoms with Gasteiger partial charge in [-0.25, -0.2) is 10.0 Å². The summed E-state index contributed by atoms with van der Waals surface area (Å²) in [7, 11) is 3.40. The summed E-state index contributed by atoms with van der Waals surface area (Å²) < 4.78 is 5.51. The first kappa shape index (κ1) is 9.06. The molecule has 0 aromatic carbocycles. The summed E-state index contributed by atoms with van der Waals surface area (Å²) in [5, 5.41) is 2.77. The summed E-state index contributed by atoms with van der Waals surface area (Å²) in [6.45, 7) is 0. The van der Waals surface area contributed by atoms with Gasteiger partial charge in [-0.3, -0.25) is 9.59 Å². The smallest absolute Gasteiger partial charge is 0.250 e. The van der Waals surface area contributed by atoms with Crippen LogP contribution in [0.5, 0.6) is 0 Å². The first-order valence-corrected chi connectivity index (χ1v) is 5.00. The summed E-state index contributed by atoms with van der Waals surface area (Å²) in [6.07, 6.45) is 3.38. The number of nitrogens with zero attached hydrogens (tertiary/aromatic N) is 2. The molecule has 3 aliphatic rings. The van der Waals surface area contributed by atoms with Gasteiger partial charge in [0.05, 0.1) is 24.0 Å². The Balaban J connectivity index is 2.00. The summed E-state index contributed by atoms with van der Waals surface area (Å²) in [5.74, 6) is -0.858. The van der Waals surface area contributed by atoms with Gasteiger partial charge in [-0.05, 0) is 0 Å². The van der Waals surface area contributed by atoms with Crippen molar-refractivity contribution in [2.24, 2.45) is 11.8 Å². The Kier molecular flexibility index (Phi) is 1.62. The molecular formula is C10H12N2O3. The van der Waals surface area contributed by atoms with E-state index in [1.165, 1.54) is 5.01 Å². The number of fused-ring (bicyclic) bond motifs is 5. The van der Waals surface area contributed by atoms with Crippen LogP contribution in [0.1, 0.15) is 0 Å². The lowest BCUT2D eigenvalue weighted by molar-refractivity contribution is -0.157. The molecule has 2 saturated heterocycles. The average molecular weight is 208 g/mol. The van der Waals surface area contributed by atoms with E-state index in [2.05, 4.69) is 0 Å². The number of carbonyl (C=O) groups is 2. The van der Waals surface area contributed by atoms with Crippen molar-refractivity contribution in [2.45, 2.75) is 12.2 Å². The van der Waals surface area contributed by atoms with Gasteiger partial charge in [0.2, 0.25) is 0 Å². The standard InChI is InChI=1S/C10H12N2O3/c1-11(2)12-9(13)7-5-3-4-6(15-5)8(7)10(12)14/h3-8H,1-2H3. The van der Waals surface area contributed by atoms with Crippen molar-refractivity contribution in [3.63, 3.8) is 0 Å². The second-order valence-corrected chi connectivity index (χ2v) is 4.34. The molecule has 15 heavy (non-hydrogen) atoms. The number of rotatable bonds is 1. The van der Waals surface area contributed by atoms with Gasteiger partial charge in [-0.1, -0.05) is 12.2 Å². The van der Waals surface area contributed by atoms with Crippen LogP contribution in [0.3, 0.4) is 0 Å². The van der Waals surface area contributed by atoms with Gasteiger partial charge in [0.1, 0.15) is 0 Å². The summed E-state index contributed by atoms with van der Waals surface area (Å²) in [5.41, 5.74) is 0. The first-order chi connectivity index (χ1) is 7.11. The van der Waals surface area contributed by atoms with Crippen LogP contribution in [-0.2, 0) is 14.3 Å². The minimum absolute atomic E-state index is 0.133. The highest BCUT2D eigenvalue weighted by Gasteiger charge is 2.61. The van der Waals surface area contributed by atoms with Crippen molar-refractivity contribution in [3.05, 3.63) is 12.2 Å². The number of hydrogen-bond acceptors (Lipinski definition) is 4. The van der Waals surface area contributed by atoms with Gasteiger partial charge in [-0.2, -0.15) is 0 Å². The van der Waals surface area contributed by atoms with E-state index in [0.717, 1.165) is 0 Å². The average Bonchev–Trinajstić information content (AvgIpc) is 2.79. The monoisotopic (exact) mass is 208 g/mol. The quantitative estimate of drug-likeness (QED) is 0.426. The number of hydrazine groups is 1. The zero-order valence-corrected chi connectivity index (χ0v) is 8.58. The zero-order valence-electron chi connectivity index (χ0n) is 8.58. The minimum Gasteiger partial charge on any atom is -0.365 e. The van der Waals surface area contributed by atoms with Crippen LogP contribution >= 0.6 is 0 Å². The number of imide groups is 1. The lowest BCUT2D eigenvalue weighted by Gasteiger charge is -2.23. The fourth-order valence-electron chi connectivity index (χ4n) is 2.68. The van der Waals surface area contributed by atoms with E-state index in [9.17, 15) is 9.59 Å². The molecule has 5 nitrogen and oxygen atoms in total. The number of carbonyl (C=O) groups excluding carboxylic acids is 2. The van der Waals surface area contributed by atoms with Crippen LogP contribution in [0.2, 0.25) is 0 Å². The van der Waals surface area contributed by atoms with Gasteiger partial charge < -0.3 is 4.74 Å². The molecule has 4 unspecified atom stereocenters. The Morgan fingerprint density at radius 3 is 2.00 bits per heavy atom. The molecule has 0 radical (unpaired) electrons. The third-order valence-corrected chi connectivity index (χ3v) is 3.29. The van der Waals surface area contributed by atoms with E-state index < -0.39 is 0 Å². The predicted octanol–water partition coefficient (Wildman–Crippen LogP) is -0.599. The van der Waals surface area contributed by atoms with Crippen molar-refractivity contribution in [1.82, 2.24) is 10.0 Å². The molecule has 80 valence electrons. The molecule has 0 N–H and O–H groups in total. The third-order valence-electron chi connectivity index (χ3n) is 3.29. The molecule has 2 bridgehead atoms. The fraction of sp³-hybridized carbons (Fsp3) is 0.600. The van der Waals surface area contributed by atoms with E-state index in [0.29, 0.717) is 0 Å². The van der Waals surface area contributed by atoms with E-state index >= 15 is 0 Å². The largest absolute Gasteiger partial charge is 0.365 e. The molecule has 3 rings (SSSR count). The van der Waals surface area contributed by atoms with Gasteiger partial charge in [0, 0.05) is 14.1 Å². The number of ether oxygens (including phenoxy) is 1. The fourth-order valence-corrected chi connectivity index (χ4v) is 2.68. The Bertz CT molecular complexity index is 347. The van der Waals surface area contributed by atoms with Crippen molar-refractivity contribution in [1.29, 1.82) is 0 Å². The Labute approximate surface area is 87.2 Å². The Hall–Kier alpha value is -1.20. The first-order valence-electron chi connectivity index (χ1n) is 5.00. The molecule has 0 aliphatic carbocycles. The van der Waals surface area contributed by atoms with Crippen molar-refractivity contribution in [3.8, 4) is 0 Å². The molecule has 2 amide bonds. The Morgan fingerprint density at radius 1 is 1.13 bits per heavy atom. The van der Waals surface area contributed by atoms with Crippen molar-refractivity contribution in [2.75, 3.05) is 14.1 Å². The van der Waals surface area contributed by atoms with Crippen LogP contribution in [0.15, 0.2) is 12.2 Å². The normalized spacial score (nSPS) is 42.2. The van der Waals surface area contributed by atoms with Crippen LogP contribution in [0.4, 0.5) is 0 Å². The van der Waals surface area contributed by atoms with Gasteiger partial charge in [0.25, 0.3) is 11.8 Å². The summed E-state index contributed by atoms with van der Waals surface area (Å²) in [6, 6.07) is 0. The molecule has 0 aromatic heterocycles. The predicted molar refractivity (Wildman–Crippen MR) is 50.3 cm³/mol. The SMILES string of the molecule is CN(C)N1C(=O)C2C3C=CC(O3)C2C1=O. The summed E-state index contributed by atoms with van der Waals surface area (Å²) in [4.78, 5) is 24.0. The molecule has 2 fully saturated rings. The molecule has 5 heteroatoms. The molecule has 0 saturated carbocycles. The highest BCUT2D eigenvalue weighted by Crippen LogP contribution is 2.45. The lowest BCUT2D eigenvalue weighted by atomic mass is 9.85. The highest BCUT2D eigenvalue weighted by molar-refractivity contribution is 6.06. The number of hydrogen-bond donors (Lipinski definition) is 0. The second kappa shape index (κ2) is 2.68. The van der Waals surface area contributed by atoms with E-state index in [1.54, 1.807) is 19.1 Å². The van der Waals surface area contributed by atoms with Gasteiger partial charge in [0.15, 0.2) is 0 Å². The zero-order chi connectivity index (χ0) is 10.7. The third kappa shape index (κ3) is 0.943. The maximum Gasteiger partial charge on any atom is 0.250 e. The van der Waals surface area contributed by atoms with Crippen LogP contribution in [0.25, 0.3) is 0 Å². The molecule has 3 aliphatic heterocycles. The van der Waals surface area contributed by atoms with Crippen LogP contribution < -0.4 is 0 Å². The van der Waals surface area contributed by atoms with Crippen LogP contribution in [0, 0.1) is 11.8 Å². The maximum absolute atomic E-state index is 12.0. The Morgan fingerprint density at radius 2 is 1.60 bits per heavy atom. The van der Waals surface area contributed by atoms with Crippen molar-refractivity contribution < 1.29 is 14.3 Å². The number of amides is 2. The summed E-state index contributed by atoms with van der Waals surface area (Å²) >= 11 is 0.